The number of hydrogen-bond donors (Lipinski definition) is 2. The van der Waals surface area contributed by atoms with E-state index in [4.69, 9.17) is 4.74 Å². The molecule has 1 amide bonds. The average Bonchev–Trinajstić information content (AvgIpc) is 2.94. The lowest BCUT2D eigenvalue weighted by Gasteiger charge is -2.29. The predicted molar refractivity (Wildman–Crippen MR) is 102 cm³/mol. The number of anilines is 1. The number of thiophene rings is 1. The summed E-state index contributed by atoms with van der Waals surface area (Å²) in [6.07, 6.45) is 2.51. The maximum atomic E-state index is 12.9. The van der Waals surface area contributed by atoms with Crippen LogP contribution in [0.5, 0.6) is 0 Å². The van der Waals surface area contributed by atoms with Gasteiger partial charge in [0, 0.05) is 23.2 Å². The first-order chi connectivity index (χ1) is 12.3. The maximum Gasteiger partial charge on any atom is 0.337 e. The quantitative estimate of drug-likeness (QED) is 0.816. The van der Waals surface area contributed by atoms with Crippen molar-refractivity contribution in [1.82, 2.24) is 0 Å². The first-order valence-corrected chi connectivity index (χ1v) is 9.40. The lowest BCUT2D eigenvalue weighted by atomic mass is 9.76. The molecule has 26 heavy (non-hydrogen) atoms. The van der Waals surface area contributed by atoms with Crippen molar-refractivity contribution in [1.29, 1.82) is 0 Å². The fourth-order valence-corrected chi connectivity index (χ4v) is 4.61. The Hall–Kier alpha value is -2.18. The van der Waals surface area contributed by atoms with E-state index in [1.54, 1.807) is 13.2 Å². The van der Waals surface area contributed by atoms with Gasteiger partial charge in [-0.2, -0.15) is 0 Å². The van der Waals surface area contributed by atoms with E-state index in [-0.39, 0.29) is 21.8 Å². The van der Waals surface area contributed by atoms with Crippen molar-refractivity contribution < 1.29 is 19.4 Å². The predicted octanol–water partition coefficient (Wildman–Crippen LogP) is 4.36. The topological polar surface area (TPSA) is 75.6 Å². The number of ether oxygens (including phenoxy) is 1. The molecular formula is C20H23NO4S. The zero-order valence-corrected chi connectivity index (χ0v) is 16.0. The molecular weight excluding hydrogens is 350 g/mol. The second-order valence-corrected chi connectivity index (χ2v) is 8.50. The molecule has 0 bridgehead atoms. The molecule has 1 aliphatic rings. The van der Waals surface area contributed by atoms with Crippen LogP contribution in [0.3, 0.4) is 0 Å². The molecule has 0 unspecified atom stereocenters. The number of aryl methyl sites for hydroxylation is 1. The molecule has 1 aromatic heterocycles. The first kappa shape index (κ1) is 18.6. The summed E-state index contributed by atoms with van der Waals surface area (Å²) in [7, 11) is 1.59. The van der Waals surface area contributed by atoms with Gasteiger partial charge in [-0.25, -0.2) is 4.79 Å². The Morgan fingerprint density at radius 2 is 2.04 bits per heavy atom. The smallest absolute Gasteiger partial charge is 0.337 e. The second kappa shape index (κ2) is 7.21. The summed E-state index contributed by atoms with van der Waals surface area (Å²) in [6.45, 7) is 4.65. The van der Waals surface area contributed by atoms with E-state index in [1.165, 1.54) is 11.3 Å². The van der Waals surface area contributed by atoms with Crippen LogP contribution in [-0.2, 0) is 24.2 Å². The fraction of sp³-hybridized carbons (Fsp3) is 0.400. The molecule has 1 aromatic carbocycles. The van der Waals surface area contributed by atoms with E-state index >= 15 is 0 Å². The summed E-state index contributed by atoms with van der Waals surface area (Å²) in [4.78, 5) is 26.1. The van der Waals surface area contributed by atoms with Gasteiger partial charge in [0.25, 0.3) is 5.91 Å². The van der Waals surface area contributed by atoms with Gasteiger partial charge >= 0.3 is 5.97 Å². The number of methoxy groups -OCH3 is 1. The van der Waals surface area contributed by atoms with Crippen LogP contribution in [0.4, 0.5) is 5.69 Å². The Morgan fingerprint density at radius 3 is 2.73 bits per heavy atom. The third-order valence-corrected chi connectivity index (χ3v) is 6.05. The summed E-state index contributed by atoms with van der Waals surface area (Å²) in [5.41, 5.74) is 2.54. The lowest BCUT2D eigenvalue weighted by molar-refractivity contribution is 0.0691. The lowest BCUT2D eigenvalue weighted by Crippen LogP contribution is -2.23. The Bertz CT molecular complexity index is 853. The Balaban J connectivity index is 1.96. The number of carbonyl (C=O) groups excluding carboxylic acids is 1. The largest absolute Gasteiger partial charge is 0.478 e. The van der Waals surface area contributed by atoms with Crippen LogP contribution in [0.15, 0.2) is 24.3 Å². The molecule has 0 atom stereocenters. The van der Waals surface area contributed by atoms with Gasteiger partial charge in [-0.15, -0.1) is 11.3 Å². The number of carboxylic acids is 1. The van der Waals surface area contributed by atoms with E-state index in [0.717, 1.165) is 28.8 Å². The summed E-state index contributed by atoms with van der Waals surface area (Å²) < 4.78 is 5.16. The van der Waals surface area contributed by atoms with Crippen molar-refractivity contribution in [3.63, 3.8) is 0 Å². The molecule has 2 aromatic rings. The molecule has 2 N–H and O–H groups in total. The second-order valence-electron chi connectivity index (χ2n) is 7.40. The molecule has 0 spiro atoms. The van der Waals surface area contributed by atoms with Crippen LogP contribution in [0.1, 0.15) is 56.3 Å². The van der Waals surface area contributed by atoms with Gasteiger partial charge in [0.2, 0.25) is 0 Å². The molecule has 0 aliphatic heterocycles. The van der Waals surface area contributed by atoms with Gasteiger partial charge in [0.1, 0.15) is 4.88 Å². The van der Waals surface area contributed by atoms with Gasteiger partial charge < -0.3 is 15.2 Å². The number of fused-ring (bicyclic) bond motifs is 1. The third-order valence-electron chi connectivity index (χ3n) is 4.76. The molecule has 138 valence electrons. The summed E-state index contributed by atoms with van der Waals surface area (Å²) in [5, 5.41) is 12.6. The number of aromatic carboxylic acids is 1. The normalized spacial score (nSPS) is 15.3. The van der Waals surface area contributed by atoms with Gasteiger partial charge in [0.15, 0.2) is 0 Å². The monoisotopic (exact) mass is 373 g/mol. The molecule has 0 saturated heterocycles. The zero-order chi connectivity index (χ0) is 18.9. The molecule has 5 nitrogen and oxygen atoms in total. The van der Waals surface area contributed by atoms with Crippen molar-refractivity contribution >= 4 is 28.9 Å². The van der Waals surface area contributed by atoms with E-state index in [0.29, 0.717) is 18.7 Å². The van der Waals surface area contributed by atoms with Crippen molar-refractivity contribution in [2.24, 2.45) is 5.41 Å². The maximum absolute atomic E-state index is 12.9. The van der Waals surface area contributed by atoms with Gasteiger partial charge in [-0.1, -0.05) is 32.0 Å². The van der Waals surface area contributed by atoms with Crippen LogP contribution in [0.25, 0.3) is 0 Å². The minimum Gasteiger partial charge on any atom is -0.478 e. The standard InChI is InChI=1S/C20H23NO4S/c1-20(2)9-8-15-13(10-20)16(19(23)24)17(26-15)18(22)21-14-7-5-4-6-12(14)11-25-3/h4-7H,8-11H2,1-3H3,(H,21,22)(H,23,24). The van der Waals surface area contributed by atoms with Crippen molar-refractivity contribution in [3.8, 4) is 0 Å². The number of amides is 1. The number of nitrogens with one attached hydrogen (secondary N) is 1. The molecule has 6 heteroatoms. The van der Waals surface area contributed by atoms with E-state index < -0.39 is 5.97 Å². The van der Waals surface area contributed by atoms with Crippen LogP contribution in [0, 0.1) is 5.41 Å². The highest BCUT2D eigenvalue weighted by molar-refractivity contribution is 7.14. The van der Waals surface area contributed by atoms with Crippen LogP contribution >= 0.6 is 11.3 Å². The van der Waals surface area contributed by atoms with E-state index in [2.05, 4.69) is 19.2 Å². The summed E-state index contributed by atoms with van der Waals surface area (Å²) >= 11 is 1.31. The highest BCUT2D eigenvalue weighted by Gasteiger charge is 2.34. The molecule has 0 saturated carbocycles. The minimum atomic E-state index is -1.03. The van der Waals surface area contributed by atoms with Crippen LogP contribution < -0.4 is 5.32 Å². The molecule has 0 fully saturated rings. The Kier molecular flexibility index (Phi) is 5.16. The van der Waals surface area contributed by atoms with Crippen LogP contribution in [-0.4, -0.2) is 24.1 Å². The molecule has 1 aliphatic carbocycles. The van der Waals surface area contributed by atoms with Gasteiger partial charge in [0.05, 0.1) is 12.2 Å². The van der Waals surface area contributed by atoms with Crippen molar-refractivity contribution in [3.05, 3.63) is 50.7 Å². The number of carbonyl (C=O) groups is 2. The average molecular weight is 373 g/mol. The van der Waals surface area contributed by atoms with Crippen molar-refractivity contribution in [2.75, 3.05) is 12.4 Å². The van der Waals surface area contributed by atoms with Gasteiger partial charge in [-0.05, 0) is 36.3 Å². The SMILES string of the molecule is COCc1ccccc1NC(=O)c1sc2c(c1C(=O)O)CC(C)(C)CC2. The third kappa shape index (κ3) is 3.66. The first-order valence-electron chi connectivity index (χ1n) is 8.58. The van der Waals surface area contributed by atoms with E-state index in [1.807, 2.05) is 18.2 Å². The molecule has 0 radical (unpaired) electrons. The van der Waals surface area contributed by atoms with E-state index in [9.17, 15) is 14.7 Å². The number of hydrogen-bond acceptors (Lipinski definition) is 4. The van der Waals surface area contributed by atoms with Crippen LogP contribution in [0.2, 0.25) is 0 Å². The number of benzene rings is 1. The summed E-state index contributed by atoms with van der Waals surface area (Å²) in [5.74, 6) is -1.40. The minimum absolute atomic E-state index is 0.0527. The highest BCUT2D eigenvalue weighted by Crippen LogP contribution is 2.41. The molecule has 1 heterocycles. The number of para-hydroxylation sites is 1. The number of rotatable bonds is 5. The van der Waals surface area contributed by atoms with Gasteiger partial charge in [-0.3, -0.25) is 4.79 Å². The highest BCUT2D eigenvalue weighted by atomic mass is 32.1. The number of carboxylic acid groups (broad SMARTS) is 1. The summed E-state index contributed by atoms with van der Waals surface area (Å²) in [6, 6.07) is 7.37. The Labute approximate surface area is 157 Å². The zero-order valence-electron chi connectivity index (χ0n) is 15.2. The fourth-order valence-electron chi connectivity index (χ4n) is 3.41. The molecule has 3 rings (SSSR count). The van der Waals surface area contributed by atoms with Crippen molar-refractivity contribution in [2.45, 2.75) is 39.7 Å². The Morgan fingerprint density at radius 1 is 1.31 bits per heavy atom.